The quantitative estimate of drug-likeness (QED) is 0.385. The third-order valence-electron chi connectivity index (χ3n) is 7.63. The summed E-state index contributed by atoms with van der Waals surface area (Å²) in [6.07, 6.45) is 5.49. The minimum absolute atomic E-state index is 0.0538. The second-order valence-corrected chi connectivity index (χ2v) is 9.69. The number of H-pyrrole nitrogens is 1. The zero-order chi connectivity index (χ0) is 24.5. The van der Waals surface area contributed by atoms with Crippen molar-refractivity contribution >= 4 is 11.5 Å². The number of benzene rings is 1. The van der Waals surface area contributed by atoms with E-state index < -0.39 is 6.17 Å². The molecule has 0 spiro atoms. The van der Waals surface area contributed by atoms with E-state index in [1.54, 1.807) is 19.1 Å². The second-order valence-electron chi connectivity index (χ2n) is 9.69. The van der Waals surface area contributed by atoms with Crippen LogP contribution < -0.4 is 16.2 Å². The molecule has 6 atom stereocenters. The average Bonchev–Trinajstić information content (AvgIpc) is 3.59. The van der Waals surface area contributed by atoms with Gasteiger partial charge in [0.05, 0.1) is 37.0 Å². The first-order valence-corrected chi connectivity index (χ1v) is 12.6. The molecule has 2 fully saturated rings. The molecule has 0 radical (unpaired) electrons. The Morgan fingerprint density at radius 3 is 2.91 bits per heavy atom. The number of aryl methyl sites for hydroxylation is 1. The minimum atomic E-state index is -1.04. The van der Waals surface area contributed by atoms with Gasteiger partial charge in [-0.3, -0.25) is 10.2 Å². The molecule has 35 heavy (non-hydrogen) atoms. The van der Waals surface area contributed by atoms with E-state index in [-0.39, 0.29) is 41.7 Å². The Labute approximate surface area is 204 Å². The number of hydrogen-bond donors (Lipinski definition) is 5. The van der Waals surface area contributed by atoms with Gasteiger partial charge >= 0.3 is 5.97 Å². The first-order valence-electron chi connectivity index (χ1n) is 12.6. The van der Waals surface area contributed by atoms with Crippen molar-refractivity contribution in [2.45, 2.75) is 69.7 Å². The van der Waals surface area contributed by atoms with Gasteiger partial charge in [0, 0.05) is 24.4 Å². The maximum absolute atomic E-state index is 15.8. The summed E-state index contributed by atoms with van der Waals surface area (Å²) in [7, 11) is 0. The van der Waals surface area contributed by atoms with Crippen molar-refractivity contribution in [3.63, 3.8) is 0 Å². The van der Waals surface area contributed by atoms with Gasteiger partial charge in [-0.1, -0.05) is 19.1 Å². The highest BCUT2D eigenvalue weighted by molar-refractivity contribution is 5.73. The number of halogens is 1. The van der Waals surface area contributed by atoms with Gasteiger partial charge in [-0.25, -0.2) is 14.8 Å². The highest BCUT2D eigenvalue weighted by atomic mass is 19.1. The van der Waals surface area contributed by atoms with Crippen LogP contribution in [0.15, 0.2) is 30.5 Å². The number of alkyl halides is 1. The molecule has 5 rings (SSSR count). The smallest absolute Gasteiger partial charge is 0.307 e. The van der Waals surface area contributed by atoms with E-state index in [0.29, 0.717) is 19.6 Å². The average molecular weight is 484 g/mol. The van der Waals surface area contributed by atoms with E-state index in [2.05, 4.69) is 26.1 Å². The first-order chi connectivity index (χ1) is 17.0. The van der Waals surface area contributed by atoms with Gasteiger partial charge in [0.25, 0.3) is 0 Å². The van der Waals surface area contributed by atoms with E-state index >= 15 is 4.39 Å². The fourth-order valence-corrected chi connectivity index (χ4v) is 5.88. The number of carbonyl (C=O) groups excluding carboxylic acids is 1. The molecule has 8 nitrogen and oxygen atoms in total. The van der Waals surface area contributed by atoms with Crippen molar-refractivity contribution in [2.24, 2.45) is 5.92 Å². The number of esters is 1. The van der Waals surface area contributed by atoms with Crippen molar-refractivity contribution in [1.82, 2.24) is 26.1 Å². The Bertz CT molecular complexity index is 1100. The van der Waals surface area contributed by atoms with Gasteiger partial charge in [0.1, 0.15) is 17.7 Å². The molecule has 3 aliphatic rings. The molecule has 9 heteroatoms. The van der Waals surface area contributed by atoms with Crippen molar-refractivity contribution in [3.8, 4) is 5.75 Å². The lowest BCUT2D eigenvalue weighted by Crippen LogP contribution is -2.45. The minimum Gasteiger partial charge on any atom is -0.508 e. The molecular weight excluding hydrogens is 449 g/mol. The van der Waals surface area contributed by atoms with Gasteiger partial charge in [0.2, 0.25) is 0 Å². The number of aromatic nitrogens is 2. The Morgan fingerprint density at radius 1 is 1.26 bits per heavy atom. The van der Waals surface area contributed by atoms with Crippen molar-refractivity contribution < 1.29 is 19.0 Å². The van der Waals surface area contributed by atoms with E-state index in [0.717, 1.165) is 47.5 Å². The molecule has 1 aromatic carbocycles. The standard InChI is InChI=1S/C26H34FN5O3/c1-3-14-10-17(33)5-6-18(14)19-7-8-20-24(23(19)27)31-32-25(20)26-29-13-21(30-26)15-9-16(28-12-15)11-22(34)35-4-2/h5-6,9-10,13,16,19-20,23-25,28,31-33H,3-4,7-8,11-12H2,1-2H3,(H,29,30)/t16-,19?,20?,23?,24?,25?/m1/s1. The molecule has 5 N–H and O–H groups in total. The van der Waals surface area contributed by atoms with Gasteiger partial charge < -0.3 is 20.1 Å². The molecule has 1 aromatic heterocycles. The third kappa shape index (κ3) is 4.72. The molecule has 0 amide bonds. The number of ether oxygens (including phenoxy) is 1. The number of carbonyl (C=O) groups is 1. The maximum Gasteiger partial charge on any atom is 0.307 e. The van der Waals surface area contributed by atoms with Crippen LogP contribution in [0.5, 0.6) is 5.75 Å². The van der Waals surface area contributed by atoms with Crippen LogP contribution in [0.2, 0.25) is 0 Å². The zero-order valence-corrected chi connectivity index (χ0v) is 20.2. The number of phenolic OH excluding ortho intramolecular Hbond substituents is 1. The maximum atomic E-state index is 15.8. The Morgan fingerprint density at radius 2 is 2.11 bits per heavy atom. The monoisotopic (exact) mass is 483 g/mol. The number of imidazole rings is 1. The van der Waals surface area contributed by atoms with Crippen molar-refractivity contribution in [1.29, 1.82) is 0 Å². The molecule has 188 valence electrons. The van der Waals surface area contributed by atoms with Gasteiger partial charge in [-0.2, -0.15) is 0 Å². The number of phenols is 1. The number of aromatic amines is 1. The number of nitrogens with one attached hydrogen (secondary N) is 4. The topological polar surface area (TPSA) is 111 Å². The molecule has 1 saturated carbocycles. The van der Waals surface area contributed by atoms with Crippen LogP contribution in [0, 0.1) is 5.92 Å². The Balaban J connectivity index is 1.27. The van der Waals surface area contributed by atoms with Crippen LogP contribution >= 0.6 is 0 Å². The fourth-order valence-electron chi connectivity index (χ4n) is 5.88. The Kier molecular flexibility index (Phi) is 6.91. The number of aromatic hydroxyl groups is 1. The van der Waals surface area contributed by atoms with E-state index in [1.165, 1.54) is 0 Å². The van der Waals surface area contributed by atoms with Gasteiger partial charge in [-0.15, -0.1) is 0 Å². The number of hydrazine groups is 1. The van der Waals surface area contributed by atoms with Crippen LogP contribution in [0.4, 0.5) is 4.39 Å². The largest absolute Gasteiger partial charge is 0.508 e. The van der Waals surface area contributed by atoms with Crippen molar-refractivity contribution in [3.05, 3.63) is 53.1 Å². The molecule has 2 aromatic rings. The number of fused-ring (bicyclic) bond motifs is 1. The fraction of sp³-hybridized carbons (Fsp3) is 0.538. The lowest BCUT2D eigenvalue weighted by molar-refractivity contribution is -0.143. The molecule has 2 aliphatic heterocycles. The van der Waals surface area contributed by atoms with Crippen LogP contribution in [0.3, 0.4) is 0 Å². The van der Waals surface area contributed by atoms with E-state index in [4.69, 9.17) is 4.74 Å². The van der Waals surface area contributed by atoms with E-state index in [9.17, 15) is 9.90 Å². The van der Waals surface area contributed by atoms with E-state index in [1.807, 2.05) is 25.3 Å². The molecule has 5 unspecified atom stereocenters. The molecular formula is C26H34FN5O3. The first kappa shape index (κ1) is 24.0. The summed E-state index contributed by atoms with van der Waals surface area (Å²) < 4.78 is 20.8. The molecule has 1 aliphatic carbocycles. The lowest BCUT2D eigenvalue weighted by Gasteiger charge is -2.36. The predicted molar refractivity (Wildman–Crippen MR) is 130 cm³/mol. The summed E-state index contributed by atoms with van der Waals surface area (Å²) in [5.74, 6) is 0.686. The predicted octanol–water partition coefficient (Wildman–Crippen LogP) is 3.04. The summed E-state index contributed by atoms with van der Waals surface area (Å²) >= 11 is 0. The van der Waals surface area contributed by atoms with Gasteiger partial charge in [-0.05, 0) is 55.0 Å². The zero-order valence-electron chi connectivity index (χ0n) is 20.2. The Hall–Kier alpha value is -2.75. The summed E-state index contributed by atoms with van der Waals surface area (Å²) in [6, 6.07) is 4.82. The summed E-state index contributed by atoms with van der Waals surface area (Å²) in [4.78, 5) is 19.8. The molecule has 3 heterocycles. The highest BCUT2D eigenvalue weighted by Crippen LogP contribution is 2.45. The van der Waals surface area contributed by atoms with Crippen LogP contribution in [0.25, 0.3) is 5.57 Å². The van der Waals surface area contributed by atoms with Crippen LogP contribution in [0.1, 0.15) is 67.7 Å². The SMILES string of the molecule is CCOC(=O)C[C@H]1C=C(c2cnc(C3NNC4C(F)C(c5ccc(O)cc5CC)CCC34)[nH]2)CN1. The summed E-state index contributed by atoms with van der Waals surface area (Å²) in [5, 5.41) is 13.2. The third-order valence-corrected chi connectivity index (χ3v) is 7.63. The van der Waals surface area contributed by atoms with Crippen LogP contribution in [-0.2, 0) is 16.0 Å². The second kappa shape index (κ2) is 10.1. The normalized spacial score (nSPS) is 30.2. The summed E-state index contributed by atoms with van der Waals surface area (Å²) in [6.45, 7) is 4.86. The summed E-state index contributed by atoms with van der Waals surface area (Å²) in [5.41, 5.74) is 10.5. The molecule has 0 bridgehead atoms. The number of rotatable bonds is 7. The van der Waals surface area contributed by atoms with Gasteiger partial charge in [0.15, 0.2) is 0 Å². The van der Waals surface area contributed by atoms with Crippen molar-refractivity contribution in [2.75, 3.05) is 13.2 Å². The molecule has 1 saturated heterocycles. The number of hydrogen-bond acceptors (Lipinski definition) is 7. The van der Waals surface area contributed by atoms with Crippen LogP contribution in [-0.4, -0.2) is 52.5 Å². The lowest BCUT2D eigenvalue weighted by atomic mass is 9.71. The number of nitrogens with zero attached hydrogens (tertiary/aromatic N) is 1. The highest BCUT2D eigenvalue weighted by Gasteiger charge is 2.48.